The number of aliphatic carboxylic acids is 1. The number of nitrogens with one attached hydrogen (secondary N) is 2. The summed E-state index contributed by atoms with van der Waals surface area (Å²) in [5.74, 6) is -0.243. The molecule has 3 N–H and O–H groups in total. The normalized spacial score (nSPS) is 9.86. The molecular weight excluding hydrogens is 284 g/mol. The number of benzene rings is 2. The van der Waals surface area contributed by atoms with E-state index in [4.69, 9.17) is 9.84 Å². The molecule has 0 fully saturated rings. The van der Waals surface area contributed by atoms with Crippen LogP contribution in [-0.4, -0.2) is 24.2 Å². The topological polar surface area (TPSA) is 87.7 Å². The third-order valence-corrected chi connectivity index (χ3v) is 2.89. The molecule has 0 bridgehead atoms. The van der Waals surface area contributed by atoms with E-state index in [1.165, 1.54) is 0 Å². The molecule has 0 aliphatic heterocycles. The van der Waals surface area contributed by atoms with Crippen molar-refractivity contribution in [3.8, 4) is 5.75 Å². The van der Waals surface area contributed by atoms with Crippen molar-refractivity contribution in [3.05, 3.63) is 54.1 Å². The summed E-state index contributed by atoms with van der Waals surface area (Å²) in [4.78, 5) is 22.5. The largest absolute Gasteiger partial charge is 0.497 e. The number of anilines is 2. The second kappa shape index (κ2) is 7.12. The molecule has 0 aromatic heterocycles. The van der Waals surface area contributed by atoms with Gasteiger partial charge in [-0.2, -0.15) is 0 Å². The van der Waals surface area contributed by atoms with Crippen molar-refractivity contribution in [2.24, 2.45) is 0 Å². The molecule has 2 amide bonds. The average Bonchev–Trinajstić information content (AvgIpc) is 2.49. The fourth-order valence-electron chi connectivity index (χ4n) is 1.87. The molecule has 0 aliphatic carbocycles. The predicted octanol–water partition coefficient (Wildman–Crippen LogP) is 2.97. The van der Waals surface area contributed by atoms with Crippen LogP contribution >= 0.6 is 0 Å². The fraction of sp³-hybridized carbons (Fsp3) is 0.125. The third kappa shape index (κ3) is 4.52. The molecule has 2 aromatic rings. The first-order valence-corrected chi connectivity index (χ1v) is 6.59. The second-order valence-corrected chi connectivity index (χ2v) is 4.58. The van der Waals surface area contributed by atoms with Crippen LogP contribution in [0.1, 0.15) is 5.56 Å². The lowest BCUT2D eigenvalue weighted by Crippen LogP contribution is -2.19. The zero-order valence-corrected chi connectivity index (χ0v) is 12.0. The van der Waals surface area contributed by atoms with Gasteiger partial charge in [-0.05, 0) is 29.8 Å². The van der Waals surface area contributed by atoms with Crippen molar-refractivity contribution in [2.45, 2.75) is 6.42 Å². The molecule has 0 atom stereocenters. The fourth-order valence-corrected chi connectivity index (χ4v) is 1.87. The lowest BCUT2D eigenvalue weighted by molar-refractivity contribution is -0.136. The van der Waals surface area contributed by atoms with Gasteiger partial charge in [-0.3, -0.25) is 4.79 Å². The standard InChI is InChI=1S/C16H16N2O4/c1-22-14-4-2-3-13(10-14)18-16(21)17-12-7-5-11(6-8-12)9-15(19)20/h2-8,10H,9H2,1H3,(H,19,20)(H2,17,18,21). The SMILES string of the molecule is COc1cccc(NC(=O)Nc2ccc(CC(=O)O)cc2)c1. The number of carboxylic acid groups (broad SMARTS) is 1. The van der Waals surface area contributed by atoms with Crippen molar-refractivity contribution in [3.63, 3.8) is 0 Å². The Morgan fingerprint density at radius 3 is 2.36 bits per heavy atom. The number of hydrogen-bond acceptors (Lipinski definition) is 3. The third-order valence-electron chi connectivity index (χ3n) is 2.89. The highest BCUT2D eigenvalue weighted by Crippen LogP contribution is 2.17. The first-order chi connectivity index (χ1) is 10.6. The Morgan fingerprint density at radius 2 is 1.73 bits per heavy atom. The molecule has 0 saturated heterocycles. The van der Waals surface area contributed by atoms with Crippen LogP contribution in [0.2, 0.25) is 0 Å². The number of urea groups is 1. The Kier molecular flexibility index (Phi) is 4.98. The highest BCUT2D eigenvalue weighted by atomic mass is 16.5. The Morgan fingerprint density at radius 1 is 1.05 bits per heavy atom. The summed E-state index contributed by atoms with van der Waals surface area (Å²) >= 11 is 0. The Hall–Kier alpha value is -3.02. The lowest BCUT2D eigenvalue weighted by atomic mass is 10.1. The van der Waals surface area contributed by atoms with Crippen LogP contribution in [-0.2, 0) is 11.2 Å². The minimum absolute atomic E-state index is 0.0454. The van der Waals surface area contributed by atoms with E-state index in [0.29, 0.717) is 22.7 Å². The van der Waals surface area contributed by atoms with Gasteiger partial charge in [0.15, 0.2) is 0 Å². The van der Waals surface area contributed by atoms with Crippen LogP contribution in [0.25, 0.3) is 0 Å². The molecule has 6 nitrogen and oxygen atoms in total. The minimum atomic E-state index is -0.892. The van der Waals surface area contributed by atoms with E-state index >= 15 is 0 Å². The van der Waals surface area contributed by atoms with Gasteiger partial charge < -0.3 is 20.5 Å². The molecular formula is C16H16N2O4. The number of ether oxygens (including phenoxy) is 1. The van der Waals surface area contributed by atoms with Crippen LogP contribution in [0, 0.1) is 0 Å². The van der Waals surface area contributed by atoms with Crippen molar-refractivity contribution in [2.75, 3.05) is 17.7 Å². The molecule has 2 rings (SSSR count). The van der Waals surface area contributed by atoms with Gasteiger partial charge in [-0.1, -0.05) is 18.2 Å². The smallest absolute Gasteiger partial charge is 0.323 e. The Labute approximate surface area is 127 Å². The van der Waals surface area contributed by atoms with Gasteiger partial charge in [0, 0.05) is 17.4 Å². The van der Waals surface area contributed by atoms with Gasteiger partial charge in [0.1, 0.15) is 5.75 Å². The van der Waals surface area contributed by atoms with Gasteiger partial charge in [0.2, 0.25) is 0 Å². The van der Waals surface area contributed by atoms with E-state index in [1.54, 1.807) is 55.6 Å². The summed E-state index contributed by atoms with van der Waals surface area (Å²) in [6.07, 6.45) is -0.0454. The summed E-state index contributed by atoms with van der Waals surface area (Å²) in [5, 5.41) is 14.1. The lowest BCUT2D eigenvalue weighted by Gasteiger charge is -2.09. The molecule has 2 aromatic carbocycles. The zero-order valence-electron chi connectivity index (χ0n) is 12.0. The molecule has 6 heteroatoms. The molecule has 0 aliphatic rings. The van der Waals surface area contributed by atoms with E-state index in [-0.39, 0.29) is 12.5 Å². The molecule has 114 valence electrons. The predicted molar refractivity (Wildman–Crippen MR) is 83.4 cm³/mol. The summed E-state index contributed by atoms with van der Waals surface area (Å²) < 4.78 is 5.08. The highest BCUT2D eigenvalue weighted by molar-refractivity contribution is 5.99. The summed E-state index contributed by atoms with van der Waals surface area (Å²) in [6, 6.07) is 13.3. The molecule has 0 unspecified atom stereocenters. The molecule has 0 heterocycles. The number of carbonyl (C=O) groups is 2. The maximum atomic E-state index is 11.9. The average molecular weight is 300 g/mol. The van der Waals surface area contributed by atoms with Crippen LogP contribution < -0.4 is 15.4 Å². The molecule has 0 spiro atoms. The quantitative estimate of drug-likeness (QED) is 0.792. The second-order valence-electron chi connectivity index (χ2n) is 4.58. The van der Waals surface area contributed by atoms with Crippen molar-refractivity contribution in [1.29, 1.82) is 0 Å². The number of hydrogen-bond donors (Lipinski definition) is 3. The van der Waals surface area contributed by atoms with E-state index in [2.05, 4.69) is 10.6 Å². The van der Waals surface area contributed by atoms with Crippen molar-refractivity contribution < 1.29 is 19.4 Å². The first kappa shape index (κ1) is 15.4. The first-order valence-electron chi connectivity index (χ1n) is 6.59. The van der Waals surface area contributed by atoms with E-state index < -0.39 is 5.97 Å². The van der Waals surface area contributed by atoms with Gasteiger partial charge in [-0.15, -0.1) is 0 Å². The van der Waals surface area contributed by atoms with Crippen molar-refractivity contribution >= 4 is 23.4 Å². The van der Waals surface area contributed by atoms with E-state index in [9.17, 15) is 9.59 Å². The number of rotatable bonds is 5. The maximum absolute atomic E-state index is 11.9. The number of carboxylic acids is 1. The minimum Gasteiger partial charge on any atom is -0.497 e. The van der Waals surface area contributed by atoms with Gasteiger partial charge >= 0.3 is 12.0 Å². The Bertz CT molecular complexity index is 668. The highest BCUT2D eigenvalue weighted by Gasteiger charge is 2.05. The zero-order chi connectivity index (χ0) is 15.9. The van der Waals surface area contributed by atoms with Gasteiger partial charge in [0.25, 0.3) is 0 Å². The maximum Gasteiger partial charge on any atom is 0.323 e. The Balaban J connectivity index is 1.95. The molecule has 0 radical (unpaired) electrons. The number of methoxy groups -OCH3 is 1. The van der Waals surface area contributed by atoms with E-state index in [1.807, 2.05) is 0 Å². The molecule has 22 heavy (non-hydrogen) atoms. The number of carbonyl (C=O) groups excluding carboxylic acids is 1. The summed E-state index contributed by atoms with van der Waals surface area (Å²) in [5.41, 5.74) is 1.86. The summed E-state index contributed by atoms with van der Waals surface area (Å²) in [6.45, 7) is 0. The van der Waals surface area contributed by atoms with Crippen LogP contribution in [0.3, 0.4) is 0 Å². The van der Waals surface area contributed by atoms with Gasteiger partial charge in [0.05, 0.1) is 13.5 Å². The van der Waals surface area contributed by atoms with E-state index in [0.717, 1.165) is 0 Å². The van der Waals surface area contributed by atoms with Crippen molar-refractivity contribution in [1.82, 2.24) is 0 Å². The molecule has 0 saturated carbocycles. The van der Waals surface area contributed by atoms with Crippen LogP contribution in [0.4, 0.5) is 16.2 Å². The van der Waals surface area contributed by atoms with Crippen LogP contribution in [0.15, 0.2) is 48.5 Å². The van der Waals surface area contributed by atoms with Gasteiger partial charge in [-0.25, -0.2) is 4.79 Å². The summed E-state index contributed by atoms with van der Waals surface area (Å²) in [7, 11) is 1.55. The number of amides is 2. The monoisotopic (exact) mass is 300 g/mol. The van der Waals surface area contributed by atoms with Crippen LogP contribution in [0.5, 0.6) is 5.75 Å².